The van der Waals surface area contributed by atoms with Crippen LogP contribution in [0.15, 0.2) is 67.2 Å². The van der Waals surface area contributed by atoms with E-state index in [4.69, 9.17) is 16.0 Å². The molecule has 0 saturated carbocycles. The summed E-state index contributed by atoms with van der Waals surface area (Å²) in [6.45, 7) is 3.72. The molecule has 1 atom stereocenters. The molecule has 0 bridgehead atoms. The van der Waals surface area contributed by atoms with Crippen molar-refractivity contribution in [1.29, 1.82) is 5.26 Å². The summed E-state index contributed by atoms with van der Waals surface area (Å²) in [6.07, 6.45) is 1.56. The molecule has 0 aliphatic carbocycles. The first-order valence-electron chi connectivity index (χ1n) is 10.8. The van der Waals surface area contributed by atoms with Crippen molar-refractivity contribution >= 4 is 28.3 Å². The number of hydrogen-bond donors (Lipinski definition) is 2. The zero-order chi connectivity index (χ0) is 25.4. The second kappa shape index (κ2) is 9.13. The van der Waals surface area contributed by atoms with Gasteiger partial charge in [0.1, 0.15) is 33.8 Å². The van der Waals surface area contributed by atoms with Gasteiger partial charge in [-0.3, -0.25) is 19.3 Å². The lowest BCUT2D eigenvalue weighted by molar-refractivity contribution is 0.388. The topological polar surface area (TPSA) is 151 Å². The second-order valence-electron chi connectivity index (χ2n) is 8.03. The molecule has 11 heteroatoms. The van der Waals surface area contributed by atoms with Crippen molar-refractivity contribution in [2.24, 2.45) is 0 Å². The van der Waals surface area contributed by atoms with E-state index in [-0.39, 0.29) is 33.4 Å². The molecule has 0 aliphatic rings. The standard InChI is InChI=1S/C25H17ClN6O4/c1-12-9-14(13(2)29-17-6-7-19(26)30-20(17)24-31-25(34)36-32-24)22-15(10-12)21(33)16(11-27)23(35-22)18-5-3-4-8-28-18/h3-10,13,29H,1-2H3,(H,31,32,34)/t13-/m1/s1. The zero-order valence-electron chi connectivity index (χ0n) is 19.0. The minimum Gasteiger partial charge on any atom is -0.452 e. The summed E-state index contributed by atoms with van der Waals surface area (Å²) in [4.78, 5) is 35.8. The van der Waals surface area contributed by atoms with Crippen LogP contribution in [0.4, 0.5) is 5.69 Å². The third-order valence-corrected chi connectivity index (χ3v) is 5.75. The molecule has 0 spiro atoms. The van der Waals surface area contributed by atoms with Gasteiger partial charge in [-0.2, -0.15) is 5.26 Å². The van der Waals surface area contributed by atoms with Crippen LogP contribution in [0.1, 0.15) is 29.7 Å². The first-order chi connectivity index (χ1) is 17.4. The van der Waals surface area contributed by atoms with Gasteiger partial charge in [-0.25, -0.2) is 9.78 Å². The summed E-state index contributed by atoms with van der Waals surface area (Å²) < 4.78 is 10.8. The van der Waals surface area contributed by atoms with Crippen LogP contribution in [0, 0.1) is 18.3 Å². The molecule has 0 radical (unpaired) electrons. The molecule has 0 fully saturated rings. The average Bonchev–Trinajstić information content (AvgIpc) is 3.31. The Morgan fingerprint density at radius 2 is 2.03 bits per heavy atom. The van der Waals surface area contributed by atoms with Gasteiger partial charge in [0, 0.05) is 11.8 Å². The number of pyridine rings is 2. The van der Waals surface area contributed by atoms with Crippen LogP contribution in [0.2, 0.25) is 5.15 Å². The monoisotopic (exact) mass is 500 g/mol. The van der Waals surface area contributed by atoms with Crippen LogP contribution in [0.3, 0.4) is 0 Å². The highest BCUT2D eigenvalue weighted by atomic mass is 35.5. The fourth-order valence-corrected chi connectivity index (χ4v) is 4.10. The van der Waals surface area contributed by atoms with Gasteiger partial charge < -0.3 is 9.73 Å². The predicted octanol–water partition coefficient (Wildman–Crippen LogP) is 4.60. The first-order valence-corrected chi connectivity index (χ1v) is 11.2. The molecule has 178 valence electrons. The maximum Gasteiger partial charge on any atom is 0.439 e. The number of nitrogens with one attached hydrogen (secondary N) is 2. The largest absolute Gasteiger partial charge is 0.452 e. The minimum atomic E-state index is -0.729. The smallest absolute Gasteiger partial charge is 0.439 e. The maximum absolute atomic E-state index is 13.3. The van der Waals surface area contributed by atoms with Crippen LogP contribution in [0.5, 0.6) is 0 Å². The van der Waals surface area contributed by atoms with E-state index in [0.717, 1.165) is 5.56 Å². The quantitative estimate of drug-likeness (QED) is 0.330. The summed E-state index contributed by atoms with van der Waals surface area (Å²) in [6, 6.07) is 13.6. The van der Waals surface area contributed by atoms with Crippen LogP contribution in [-0.2, 0) is 0 Å². The van der Waals surface area contributed by atoms with Crippen molar-refractivity contribution in [3.63, 3.8) is 0 Å². The highest BCUT2D eigenvalue weighted by Crippen LogP contribution is 2.33. The van der Waals surface area contributed by atoms with E-state index < -0.39 is 17.2 Å². The Balaban J connectivity index is 1.67. The summed E-state index contributed by atoms with van der Waals surface area (Å²) in [5, 5.41) is 17.2. The second-order valence-corrected chi connectivity index (χ2v) is 8.42. The van der Waals surface area contributed by atoms with Gasteiger partial charge in [-0.1, -0.05) is 28.9 Å². The Morgan fingerprint density at radius 3 is 2.72 bits per heavy atom. The molecule has 2 N–H and O–H groups in total. The van der Waals surface area contributed by atoms with Gasteiger partial charge >= 0.3 is 5.76 Å². The maximum atomic E-state index is 13.3. The van der Waals surface area contributed by atoms with E-state index >= 15 is 0 Å². The number of hydrogen-bond acceptors (Lipinski definition) is 9. The van der Waals surface area contributed by atoms with Crippen LogP contribution >= 0.6 is 11.6 Å². The Bertz CT molecular complexity index is 1770. The van der Waals surface area contributed by atoms with E-state index in [1.54, 1.807) is 42.6 Å². The highest BCUT2D eigenvalue weighted by molar-refractivity contribution is 6.29. The van der Waals surface area contributed by atoms with E-state index in [2.05, 4.69) is 29.9 Å². The summed E-state index contributed by atoms with van der Waals surface area (Å²) in [7, 11) is 0. The number of benzene rings is 1. The van der Waals surface area contributed by atoms with Crippen molar-refractivity contribution in [3.05, 3.63) is 91.3 Å². The molecule has 10 nitrogen and oxygen atoms in total. The summed E-state index contributed by atoms with van der Waals surface area (Å²) in [5.41, 5.74) is 2.40. The molecule has 0 amide bonds. The molecule has 5 aromatic rings. The molecule has 5 rings (SSSR count). The fourth-order valence-electron chi connectivity index (χ4n) is 3.95. The Kier molecular flexibility index (Phi) is 5.83. The van der Waals surface area contributed by atoms with Gasteiger partial charge in [0.15, 0.2) is 5.76 Å². The molecular weight excluding hydrogens is 484 g/mol. The molecule has 4 heterocycles. The normalized spacial score (nSPS) is 11.8. The van der Waals surface area contributed by atoms with E-state index in [1.807, 2.05) is 26.0 Å². The number of halogens is 1. The molecule has 0 aliphatic heterocycles. The number of aryl methyl sites for hydroxylation is 1. The molecule has 0 unspecified atom stereocenters. The number of anilines is 1. The van der Waals surface area contributed by atoms with Gasteiger partial charge in [0.2, 0.25) is 11.3 Å². The zero-order valence-corrected chi connectivity index (χ0v) is 19.8. The van der Waals surface area contributed by atoms with Gasteiger partial charge in [0.25, 0.3) is 0 Å². The third-order valence-electron chi connectivity index (χ3n) is 5.54. The van der Waals surface area contributed by atoms with Gasteiger partial charge in [0.05, 0.1) is 17.1 Å². The van der Waals surface area contributed by atoms with Gasteiger partial charge in [-0.05, 0) is 49.7 Å². The fraction of sp³-hybridized carbons (Fsp3) is 0.120. The number of H-pyrrole nitrogens is 1. The Hall–Kier alpha value is -4.75. The van der Waals surface area contributed by atoms with Crippen molar-refractivity contribution in [3.8, 4) is 29.0 Å². The molecule has 1 aromatic carbocycles. The molecule has 0 saturated heterocycles. The Morgan fingerprint density at radius 1 is 1.19 bits per heavy atom. The van der Waals surface area contributed by atoms with Crippen LogP contribution < -0.4 is 16.5 Å². The SMILES string of the molecule is Cc1cc([C@@H](C)Nc2ccc(Cl)nc2-c2noc(=O)[nH]2)c2oc(-c3ccccn3)c(C#N)c(=O)c2c1. The Labute approximate surface area is 208 Å². The number of nitriles is 1. The molecule has 36 heavy (non-hydrogen) atoms. The number of aromatic amines is 1. The van der Waals surface area contributed by atoms with E-state index in [1.165, 1.54) is 0 Å². The van der Waals surface area contributed by atoms with Crippen molar-refractivity contribution < 1.29 is 8.94 Å². The molecule has 4 aromatic heterocycles. The van der Waals surface area contributed by atoms with Crippen molar-refractivity contribution in [1.82, 2.24) is 20.1 Å². The minimum absolute atomic E-state index is 0.0990. The first kappa shape index (κ1) is 23.0. The highest BCUT2D eigenvalue weighted by Gasteiger charge is 2.22. The average molecular weight is 501 g/mol. The number of aromatic nitrogens is 4. The summed E-state index contributed by atoms with van der Waals surface area (Å²) >= 11 is 6.08. The lowest BCUT2D eigenvalue weighted by Crippen LogP contribution is -2.13. The summed E-state index contributed by atoms with van der Waals surface area (Å²) in [5.74, 6) is -0.525. The predicted molar refractivity (Wildman–Crippen MR) is 133 cm³/mol. The van der Waals surface area contributed by atoms with Crippen LogP contribution in [-0.4, -0.2) is 20.1 Å². The van der Waals surface area contributed by atoms with E-state index in [9.17, 15) is 14.9 Å². The lowest BCUT2D eigenvalue weighted by Gasteiger charge is -2.19. The lowest BCUT2D eigenvalue weighted by atomic mass is 9.99. The third kappa shape index (κ3) is 4.12. The van der Waals surface area contributed by atoms with Crippen LogP contribution in [0.25, 0.3) is 33.9 Å². The van der Waals surface area contributed by atoms with Gasteiger partial charge in [-0.15, -0.1) is 0 Å². The van der Waals surface area contributed by atoms with Crippen molar-refractivity contribution in [2.45, 2.75) is 19.9 Å². The van der Waals surface area contributed by atoms with E-state index in [0.29, 0.717) is 22.5 Å². The molecular formula is C25H17ClN6O4. The number of nitrogens with zero attached hydrogens (tertiary/aromatic N) is 4. The number of fused-ring (bicyclic) bond motifs is 1. The number of rotatable bonds is 5. The van der Waals surface area contributed by atoms with Crippen molar-refractivity contribution in [2.75, 3.05) is 5.32 Å².